The van der Waals surface area contributed by atoms with Crippen molar-refractivity contribution in [2.75, 3.05) is 25.0 Å². The predicted octanol–water partition coefficient (Wildman–Crippen LogP) is 2.24. The second-order valence-corrected chi connectivity index (χ2v) is 6.14. The third kappa shape index (κ3) is 3.17. The monoisotopic (exact) mass is 336 g/mol. The first-order chi connectivity index (χ1) is 12.3. The van der Waals surface area contributed by atoms with Gasteiger partial charge >= 0.3 is 0 Å². The number of fused-ring (bicyclic) bond motifs is 1. The van der Waals surface area contributed by atoms with Crippen LogP contribution in [0.4, 0.5) is 5.82 Å². The van der Waals surface area contributed by atoms with Gasteiger partial charge in [0.25, 0.3) is 0 Å². The number of carbonyl (C=O) groups is 1. The van der Waals surface area contributed by atoms with Crippen molar-refractivity contribution < 1.29 is 4.79 Å². The molecule has 7 heteroatoms. The lowest BCUT2D eigenvalue weighted by atomic mass is 10.1. The van der Waals surface area contributed by atoms with Gasteiger partial charge in [-0.25, -0.2) is 15.0 Å². The number of rotatable bonds is 4. The van der Waals surface area contributed by atoms with E-state index < -0.39 is 0 Å². The normalized spacial score (nSPS) is 14.6. The zero-order valence-corrected chi connectivity index (χ0v) is 13.9. The Morgan fingerprint density at radius 3 is 2.64 bits per heavy atom. The summed E-state index contributed by atoms with van der Waals surface area (Å²) in [5, 5.41) is 3.13. The number of benzene rings is 1. The summed E-state index contributed by atoms with van der Waals surface area (Å²) in [4.78, 5) is 27.3. The number of hydrogen-bond acceptors (Lipinski definition) is 5. The third-order valence-electron chi connectivity index (χ3n) is 4.48. The first-order valence-corrected chi connectivity index (χ1v) is 8.58. The van der Waals surface area contributed by atoms with Gasteiger partial charge < -0.3 is 10.2 Å². The van der Waals surface area contributed by atoms with E-state index in [1.54, 1.807) is 6.33 Å². The van der Waals surface area contributed by atoms with Gasteiger partial charge in [0.05, 0.1) is 6.54 Å². The number of para-hydroxylation sites is 1. The Hall–Kier alpha value is -2.96. The highest BCUT2D eigenvalue weighted by Gasteiger charge is 2.17. The van der Waals surface area contributed by atoms with Crippen molar-refractivity contribution in [3.8, 4) is 5.69 Å². The fraction of sp³-hybridized carbons (Fsp3) is 0.333. The van der Waals surface area contributed by atoms with Crippen molar-refractivity contribution in [2.45, 2.75) is 19.3 Å². The molecule has 7 nitrogen and oxygen atoms in total. The van der Waals surface area contributed by atoms with Crippen molar-refractivity contribution in [1.29, 1.82) is 0 Å². The van der Waals surface area contributed by atoms with Gasteiger partial charge in [-0.1, -0.05) is 18.2 Å². The molecule has 0 saturated carbocycles. The van der Waals surface area contributed by atoms with Crippen molar-refractivity contribution in [2.24, 2.45) is 0 Å². The van der Waals surface area contributed by atoms with Gasteiger partial charge in [0.2, 0.25) is 5.91 Å². The van der Waals surface area contributed by atoms with E-state index in [0.29, 0.717) is 17.0 Å². The van der Waals surface area contributed by atoms with Gasteiger partial charge in [0, 0.05) is 18.8 Å². The fourth-order valence-corrected chi connectivity index (χ4v) is 3.16. The van der Waals surface area contributed by atoms with Crippen LogP contribution >= 0.6 is 0 Å². The number of hydrogen-bond donors (Lipinski definition) is 1. The highest BCUT2D eigenvalue weighted by Crippen LogP contribution is 2.20. The van der Waals surface area contributed by atoms with Crippen LogP contribution in [-0.4, -0.2) is 50.0 Å². The SMILES string of the molecule is O=C(CNc1ncnc2c1ncn2-c1ccccc1)N1CCCCC1. The van der Waals surface area contributed by atoms with Gasteiger partial charge in [-0.05, 0) is 31.4 Å². The average Bonchev–Trinajstić information content (AvgIpc) is 3.12. The number of amides is 1. The molecule has 0 bridgehead atoms. The molecule has 1 N–H and O–H groups in total. The Morgan fingerprint density at radius 2 is 1.84 bits per heavy atom. The number of likely N-dealkylation sites (tertiary alicyclic amines) is 1. The molecular weight excluding hydrogens is 316 g/mol. The standard InChI is InChI=1S/C18H20N6O/c25-15(23-9-5-2-6-10-23)11-19-17-16-18(21-12-20-17)24(13-22-16)14-7-3-1-4-8-14/h1,3-4,7-8,12-13H,2,5-6,9-11H2,(H,19,20,21). The number of aromatic nitrogens is 4. The summed E-state index contributed by atoms with van der Waals surface area (Å²) in [5.41, 5.74) is 2.37. The van der Waals surface area contributed by atoms with E-state index in [1.807, 2.05) is 39.8 Å². The molecule has 0 spiro atoms. The maximum absolute atomic E-state index is 12.3. The van der Waals surface area contributed by atoms with Gasteiger partial charge in [0.15, 0.2) is 17.0 Å². The quantitative estimate of drug-likeness (QED) is 0.791. The number of carbonyl (C=O) groups excluding carboxylic acids is 1. The highest BCUT2D eigenvalue weighted by atomic mass is 16.2. The average molecular weight is 336 g/mol. The van der Waals surface area contributed by atoms with Crippen LogP contribution in [0, 0.1) is 0 Å². The second kappa shape index (κ2) is 6.88. The lowest BCUT2D eigenvalue weighted by molar-refractivity contribution is -0.130. The topological polar surface area (TPSA) is 75.9 Å². The maximum Gasteiger partial charge on any atom is 0.241 e. The van der Waals surface area contributed by atoms with Crippen LogP contribution in [0.25, 0.3) is 16.9 Å². The number of nitrogens with zero attached hydrogens (tertiary/aromatic N) is 5. The zero-order valence-electron chi connectivity index (χ0n) is 13.9. The molecule has 0 atom stereocenters. The van der Waals surface area contributed by atoms with E-state index in [0.717, 1.165) is 31.6 Å². The van der Waals surface area contributed by atoms with Crippen LogP contribution in [-0.2, 0) is 4.79 Å². The fourth-order valence-electron chi connectivity index (χ4n) is 3.16. The summed E-state index contributed by atoms with van der Waals surface area (Å²) >= 11 is 0. The van der Waals surface area contributed by atoms with Crippen LogP contribution < -0.4 is 5.32 Å². The Balaban J connectivity index is 1.54. The molecule has 1 fully saturated rings. The number of anilines is 1. The summed E-state index contributed by atoms with van der Waals surface area (Å²) in [6, 6.07) is 9.90. The molecule has 3 heterocycles. The van der Waals surface area contributed by atoms with Crippen molar-refractivity contribution in [3.05, 3.63) is 43.0 Å². The summed E-state index contributed by atoms with van der Waals surface area (Å²) < 4.78 is 1.91. The van der Waals surface area contributed by atoms with Crippen LogP contribution in [0.1, 0.15) is 19.3 Å². The maximum atomic E-state index is 12.3. The molecule has 25 heavy (non-hydrogen) atoms. The predicted molar refractivity (Wildman–Crippen MR) is 95.6 cm³/mol. The minimum Gasteiger partial charge on any atom is -0.359 e. The molecule has 1 aromatic carbocycles. The van der Waals surface area contributed by atoms with Crippen LogP contribution in [0.3, 0.4) is 0 Å². The largest absolute Gasteiger partial charge is 0.359 e. The molecule has 1 aliphatic rings. The summed E-state index contributed by atoms with van der Waals surface area (Å²) in [7, 11) is 0. The molecule has 4 rings (SSSR count). The molecule has 2 aromatic heterocycles. The minimum atomic E-state index is 0.106. The Kier molecular flexibility index (Phi) is 4.28. The van der Waals surface area contributed by atoms with E-state index >= 15 is 0 Å². The molecule has 0 aliphatic carbocycles. The van der Waals surface area contributed by atoms with Crippen LogP contribution in [0.2, 0.25) is 0 Å². The Bertz CT molecular complexity index is 870. The number of nitrogens with one attached hydrogen (secondary N) is 1. The minimum absolute atomic E-state index is 0.106. The Morgan fingerprint density at radius 1 is 1.04 bits per heavy atom. The first-order valence-electron chi connectivity index (χ1n) is 8.58. The lowest BCUT2D eigenvalue weighted by Crippen LogP contribution is -2.39. The molecule has 3 aromatic rings. The molecule has 0 radical (unpaired) electrons. The van der Waals surface area contributed by atoms with Crippen molar-refractivity contribution in [1.82, 2.24) is 24.4 Å². The summed E-state index contributed by atoms with van der Waals surface area (Å²) in [5.74, 6) is 0.694. The van der Waals surface area contributed by atoms with E-state index in [-0.39, 0.29) is 12.5 Å². The van der Waals surface area contributed by atoms with E-state index in [9.17, 15) is 4.79 Å². The summed E-state index contributed by atoms with van der Waals surface area (Å²) in [6.07, 6.45) is 6.61. The van der Waals surface area contributed by atoms with Crippen molar-refractivity contribution in [3.63, 3.8) is 0 Å². The van der Waals surface area contributed by atoms with Gasteiger partial charge in [-0.3, -0.25) is 9.36 Å². The van der Waals surface area contributed by atoms with Crippen LogP contribution in [0.15, 0.2) is 43.0 Å². The van der Waals surface area contributed by atoms with E-state index in [1.165, 1.54) is 12.7 Å². The lowest BCUT2D eigenvalue weighted by Gasteiger charge is -2.26. The number of imidazole rings is 1. The summed E-state index contributed by atoms with van der Waals surface area (Å²) in [6.45, 7) is 1.93. The van der Waals surface area contributed by atoms with Crippen LogP contribution in [0.5, 0.6) is 0 Å². The molecule has 0 unspecified atom stereocenters. The zero-order chi connectivity index (χ0) is 17.1. The van der Waals surface area contributed by atoms with Crippen molar-refractivity contribution >= 4 is 22.9 Å². The van der Waals surface area contributed by atoms with E-state index in [2.05, 4.69) is 20.3 Å². The smallest absolute Gasteiger partial charge is 0.241 e. The highest BCUT2D eigenvalue weighted by molar-refractivity contribution is 5.87. The third-order valence-corrected chi connectivity index (χ3v) is 4.48. The molecule has 1 amide bonds. The molecular formula is C18H20N6O. The molecule has 1 aliphatic heterocycles. The van der Waals surface area contributed by atoms with Gasteiger partial charge in [-0.2, -0.15) is 0 Å². The first kappa shape index (κ1) is 15.6. The van der Waals surface area contributed by atoms with Gasteiger partial charge in [0.1, 0.15) is 12.7 Å². The Labute approximate surface area is 145 Å². The van der Waals surface area contributed by atoms with E-state index in [4.69, 9.17) is 0 Å². The molecule has 1 saturated heterocycles. The number of piperidine rings is 1. The van der Waals surface area contributed by atoms with Gasteiger partial charge in [-0.15, -0.1) is 0 Å². The second-order valence-electron chi connectivity index (χ2n) is 6.14. The molecule has 128 valence electrons.